The predicted octanol–water partition coefficient (Wildman–Crippen LogP) is 4.72. The Balaban J connectivity index is 2.25. The molecule has 0 aliphatic heterocycles. The van der Waals surface area contributed by atoms with Gasteiger partial charge in [-0.3, -0.25) is 4.79 Å². The molecular formula is C13H11Br2NOS. The molecule has 0 atom stereocenters. The summed E-state index contributed by atoms with van der Waals surface area (Å²) in [6.07, 6.45) is 0.891. The Hall–Kier alpha value is -0.650. The number of benzene rings is 1. The van der Waals surface area contributed by atoms with Gasteiger partial charge >= 0.3 is 0 Å². The summed E-state index contributed by atoms with van der Waals surface area (Å²) in [5, 5.41) is 2.06. The van der Waals surface area contributed by atoms with Crippen LogP contribution in [-0.2, 0) is 6.54 Å². The summed E-state index contributed by atoms with van der Waals surface area (Å²) in [6.45, 7) is 0.785. The molecule has 0 aliphatic rings. The summed E-state index contributed by atoms with van der Waals surface area (Å²) in [4.78, 5) is 14.4. The van der Waals surface area contributed by atoms with E-state index in [0.29, 0.717) is 5.56 Å². The van der Waals surface area contributed by atoms with Crippen molar-refractivity contribution in [2.45, 2.75) is 6.54 Å². The molecule has 0 radical (unpaired) electrons. The van der Waals surface area contributed by atoms with E-state index in [1.807, 2.05) is 25.2 Å². The Morgan fingerprint density at radius 1 is 1.28 bits per heavy atom. The van der Waals surface area contributed by atoms with E-state index >= 15 is 0 Å². The lowest BCUT2D eigenvalue weighted by atomic mass is 10.2. The second-order valence-corrected chi connectivity index (χ2v) is 6.74. The van der Waals surface area contributed by atoms with Crippen LogP contribution in [0, 0.1) is 0 Å². The summed E-state index contributed by atoms with van der Waals surface area (Å²) >= 11 is 8.58. The van der Waals surface area contributed by atoms with E-state index in [1.165, 1.54) is 4.88 Å². The zero-order valence-corrected chi connectivity index (χ0v) is 13.7. The predicted molar refractivity (Wildman–Crippen MR) is 83.7 cm³/mol. The fourth-order valence-electron chi connectivity index (χ4n) is 1.70. The van der Waals surface area contributed by atoms with Gasteiger partial charge in [-0.25, -0.2) is 0 Å². The molecule has 18 heavy (non-hydrogen) atoms. The Labute approximate surface area is 127 Å². The molecule has 1 aromatic carbocycles. The first-order valence-electron chi connectivity index (χ1n) is 5.29. The third kappa shape index (κ3) is 3.22. The molecule has 0 spiro atoms. The summed E-state index contributed by atoms with van der Waals surface area (Å²) < 4.78 is 2.07. The number of hydrogen-bond donors (Lipinski definition) is 0. The summed E-state index contributed by atoms with van der Waals surface area (Å²) in [7, 11) is 1.99. The number of carbonyl (C=O) groups is 1. The molecule has 0 N–H and O–H groups in total. The molecule has 0 bridgehead atoms. The van der Waals surface area contributed by atoms with Gasteiger partial charge in [0.2, 0.25) is 0 Å². The van der Waals surface area contributed by atoms with E-state index in [0.717, 1.165) is 27.5 Å². The quantitative estimate of drug-likeness (QED) is 0.706. The van der Waals surface area contributed by atoms with Crippen molar-refractivity contribution in [3.63, 3.8) is 0 Å². The largest absolute Gasteiger partial charge is 0.369 e. The van der Waals surface area contributed by atoms with Crippen molar-refractivity contribution >= 4 is 55.2 Å². The summed E-state index contributed by atoms with van der Waals surface area (Å²) in [6, 6.07) is 7.77. The number of halogens is 2. The maximum absolute atomic E-state index is 11.1. The van der Waals surface area contributed by atoms with Crippen molar-refractivity contribution in [2.75, 3.05) is 11.9 Å². The average molecular weight is 389 g/mol. The minimum Gasteiger partial charge on any atom is -0.369 e. The Morgan fingerprint density at radius 3 is 2.67 bits per heavy atom. The fourth-order valence-corrected chi connectivity index (χ4v) is 3.56. The molecule has 1 heterocycles. The monoisotopic (exact) mass is 387 g/mol. The van der Waals surface area contributed by atoms with E-state index in [2.05, 4.69) is 48.2 Å². The van der Waals surface area contributed by atoms with Crippen LogP contribution in [0.2, 0.25) is 0 Å². The van der Waals surface area contributed by atoms with Crippen LogP contribution >= 0.6 is 43.2 Å². The molecule has 2 aromatic rings. The molecular weight excluding hydrogens is 378 g/mol. The van der Waals surface area contributed by atoms with Crippen molar-refractivity contribution < 1.29 is 4.79 Å². The van der Waals surface area contributed by atoms with Crippen molar-refractivity contribution in [1.82, 2.24) is 0 Å². The lowest BCUT2D eigenvalue weighted by Gasteiger charge is -2.20. The zero-order valence-electron chi connectivity index (χ0n) is 9.69. The van der Waals surface area contributed by atoms with Crippen LogP contribution in [0.5, 0.6) is 0 Å². The molecule has 2 rings (SSSR count). The third-order valence-corrected chi connectivity index (χ3v) is 4.72. The first-order valence-corrected chi connectivity index (χ1v) is 7.75. The Bertz CT molecular complexity index is 568. The van der Waals surface area contributed by atoms with Crippen LogP contribution in [0.15, 0.2) is 38.6 Å². The van der Waals surface area contributed by atoms with Gasteiger partial charge < -0.3 is 4.90 Å². The normalized spacial score (nSPS) is 10.4. The summed E-state index contributed by atoms with van der Waals surface area (Å²) in [5.41, 5.74) is 1.64. The molecule has 0 aliphatic carbocycles. The van der Waals surface area contributed by atoms with Crippen molar-refractivity contribution in [1.29, 1.82) is 0 Å². The van der Waals surface area contributed by atoms with Gasteiger partial charge in [0.25, 0.3) is 0 Å². The third-order valence-electron chi connectivity index (χ3n) is 2.55. The van der Waals surface area contributed by atoms with Gasteiger partial charge in [0.1, 0.15) is 0 Å². The SMILES string of the molecule is CN(Cc1cc(Br)cs1)c1cc(Br)ccc1C=O. The lowest BCUT2D eigenvalue weighted by molar-refractivity contribution is 0.112. The standard InChI is InChI=1S/C13H11Br2NOS/c1-16(6-12-4-11(15)8-18-12)13-5-10(14)3-2-9(13)7-17/h2-5,7-8H,6H2,1H3. The Kier molecular flexibility index (Phi) is 4.59. The number of anilines is 1. The number of carbonyl (C=O) groups excluding carboxylic acids is 1. The summed E-state index contributed by atoms with van der Waals surface area (Å²) in [5.74, 6) is 0. The van der Waals surface area contributed by atoms with E-state index < -0.39 is 0 Å². The van der Waals surface area contributed by atoms with Crippen molar-refractivity contribution in [3.05, 3.63) is 49.0 Å². The van der Waals surface area contributed by atoms with Crippen LogP contribution in [-0.4, -0.2) is 13.3 Å². The average Bonchev–Trinajstić information content (AvgIpc) is 2.74. The van der Waals surface area contributed by atoms with E-state index in [4.69, 9.17) is 0 Å². The molecule has 0 amide bonds. The minimum atomic E-state index is 0.705. The van der Waals surface area contributed by atoms with Crippen molar-refractivity contribution in [3.8, 4) is 0 Å². The van der Waals surface area contributed by atoms with Crippen LogP contribution in [0.3, 0.4) is 0 Å². The molecule has 0 unspecified atom stereocenters. The first kappa shape index (κ1) is 13.8. The first-order chi connectivity index (χ1) is 8.60. The molecule has 0 saturated heterocycles. The van der Waals surface area contributed by atoms with Gasteiger partial charge in [0.05, 0.1) is 6.54 Å². The highest BCUT2D eigenvalue weighted by Gasteiger charge is 2.09. The van der Waals surface area contributed by atoms with Crippen LogP contribution in [0.1, 0.15) is 15.2 Å². The topological polar surface area (TPSA) is 20.3 Å². The molecule has 94 valence electrons. The highest BCUT2D eigenvalue weighted by molar-refractivity contribution is 9.10. The fraction of sp³-hybridized carbons (Fsp3) is 0.154. The number of rotatable bonds is 4. The smallest absolute Gasteiger partial charge is 0.152 e. The van der Waals surface area contributed by atoms with Gasteiger partial charge in [-0.15, -0.1) is 11.3 Å². The lowest BCUT2D eigenvalue weighted by Crippen LogP contribution is -2.17. The molecule has 2 nitrogen and oxygen atoms in total. The number of aldehydes is 1. The molecule has 0 saturated carbocycles. The van der Waals surface area contributed by atoms with E-state index in [-0.39, 0.29) is 0 Å². The Morgan fingerprint density at radius 2 is 2.06 bits per heavy atom. The molecule has 1 aromatic heterocycles. The van der Waals surface area contributed by atoms with Gasteiger partial charge in [-0.05, 0) is 40.2 Å². The highest BCUT2D eigenvalue weighted by Crippen LogP contribution is 2.27. The number of nitrogens with zero attached hydrogens (tertiary/aromatic N) is 1. The van der Waals surface area contributed by atoms with Crippen molar-refractivity contribution in [2.24, 2.45) is 0 Å². The maximum Gasteiger partial charge on any atom is 0.152 e. The second-order valence-electron chi connectivity index (χ2n) is 3.91. The maximum atomic E-state index is 11.1. The highest BCUT2D eigenvalue weighted by atomic mass is 79.9. The second kappa shape index (κ2) is 5.99. The molecule has 5 heteroatoms. The van der Waals surface area contributed by atoms with E-state index in [9.17, 15) is 4.79 Å². The number of thiophene rings is 1. The van der Waals surface area contributed by atoms with Crippen LogP contribution in [0.25, 0.3) is 0 Å². The number of hydrogen-bond acceptors (Lipinski definition) is 3. The van der Waals surface area contributed by atoms with Gasteiger partial charge in [-0.2, -0.15) is 0 Å². The minimum absolute atomic E-state index is 0.705. The van der Waals surface area contributed by atoms with Crippen LogP contribution < -0.4 is 4.90 Å². The van der Waals surface area contributed by atoms with Crippen LogP contribution in [0.4, 0.5) is 5.69 Å². The van der Waals surface area contributed by atoms with E-state index in [1.54, 1.807) is 11.3 Å². The van der Waals surface area contributed by atoms with Gasteiger partial charge in [-0.1, -0.05) is 15.9 Å². The molecule has 0 fully saturated rings. The zero-order chi connectivity index (χ0) is 13.1. The van der Waals surface area contributed by atoms with Gasteiger partial charge in [0.15, 0.2) is 6.29 Å². The van der Waals surface area contributed by atoms with Gasteiger partial charge in [0, 0.05) is 37.5 Å².